The second-order valence-corrected chi connectivity index (χ2v) is 3.22. The standard InChI is InChI=1S/C12H13N/c1-11(13-9-5-6-10-13)12-7-3-2-4-8-12/h2-11H,1H3/t11-/m1/s1. The first-order valence-electron chi connectivity index (χ1n) is 4.55. The number of hydrogen-bond acceptors (Lipinski definition) is 0. The normalized spacial score (nSPS) is 12.7. The van der Waals surface area contributed by atoms with E-state index in [1.165, 1.54) is 5.56 Å². The molecule has 0 saturated heterocycles. The summed E-state index contributed by atoms with van der Waals surface area (Å²) in [5.74, 6) is 0. The van der Waals surface area contributed by atoms with Gasteiger partial charge in [-0.05, 0) is 24.6 Å². The Hall–Kier alpha value is -1.50. The monoisotopic (exact) mass is 171 g/mol. The van der Waals surface area contributed by atoms with Crippen LogP contribution in [0.15, 0.2) is 54.9 Å². The lowest BCUT2D eigenvalue weighted by atomic mass is 10.1. The summed E-state index contributed by atoms with van der Waals surface area (Å²) < 4.78 is 2.20. The Balaban J connectivity index is 2.29. The summed E-state index contributed by atoms with van der Waals surface area (Å²) >= 11 is 0. The van der Waals surface area contributed by atoms with Gasteiger partial charge in [-0.3, -0.25) is 0 Å². The molecule has 0 aliphatic carbocycles. The highest BCUT2D eigenvalue weighted by Gasteiger charge is 2.03. The predicted octanol–water partition coefficient (Wildman–Crippen LogP) is 3.10. The Kier molecular flexibility index (Phi) is 2.17. The zero-order valence-corrected chi connectivity index (χ0v) is 7.72. The van der Waals surface area contributed by atoms with Crippen LogP contribution >= 0.6 is 0 Å². The van der Waals surface area contributed by atoms with Crippen molar-refractivity contribution in [1.29, 1.82) is 0 Å². The Morgan fingerprint density at radius 3 is 2.15 bits per heavy atom. The summed E-state index contributed by atoms with van der Waals surface area (Å²) in [6, 6.07) is 15.1. The van der Waals surface area contributed by atoms with Crippen molar-refractivity contribution < 1.29 is 0 Å². The molecule has 66 valence electrons. The molecule has 2 aromatic rings. The zero-order valence-electron chi connectivity index (χ0n) is 7.72. The maximum Gasteiger partial charge on any atom is 0.0551 e. The first-order chi connectivity index (χ1) is 6.38. The Bertz CT molecular complexity index is 348. The maximum absolute atomic E-state index is 2.20. The van der Waals surface area contributed by atoms with Crippen LogP contribution in [0.3, 0.4) is 0 Å². The molecule has 0 fully saturated rings. The molecule has 0 unspecified atom stereocenters. The van der Waals surface area contributed by atoms with Gasteiger partial charge in [0.1, 0.15) is 0 Å². The summed E-state index contributed by atoms with van der Waals surface area (Å²) in [5.41, 5.74) is 1.35. The minimum absolute atomic E-state index is 0.427. The predicted molar refractivity (Wildman–Crippen MR) is 54.7 cm³/mol. The molecule has 1 atom stereocenters. The van der Waals surface area contributed by atoms with Gasteiger partial charge in [-0.15, -0.1) is 0 Å². The number of benzene rings is 1. The van der Waals surface area contributed by atoms with Crippen molar-refractivity contribution in [2.45, 2.75) is 13.0 Å². The van der Waals surface area contributed by atoms with Crippen LogP contribution in [-0.2, 0) is 0 Å². The van der Waals surface area contributed by atoms with Gasteiger partial charge in [0.25, 0.3) is 0 Å². The highest BCUT2D eigenvalue weighted by molar-refractivity contribution is 5.19. The largest absolute Gasteiger partial charge is 0.347 e. The van der Waals surface area contributed by atoms with E-state index in [-0.39, 0.29) is 0 Å². The van der Waals surface area contributed by atoms with E-state index in [1.807, 2.05) is 6.07 Å². The third-order valence-electron chi connectivity index (χ3n) is 2.36. The third kappa shape index (κ3) is 1.64. The van der Waals surface area contributed by atoms with E-state index in [9.17, 15) is 0 Å². The third-order valence-corrected chi connectivity index (χ3v) is 2.36. The highest BCUT2D eigenvalue weighted by atomic mass is 15.0. The first-order valence-corrected chi connectivity index (χ1v) is 4.55. The molecule has 0 radical (unpaired) electrons. The van der Waals surface area contributed by atoms with Crippen LogP contribution in [0.1, 0.15) is 18.5 Å². The van der Waals surface area contributed by atoms with E-state index in [2.05, 4.69) is 60.3 Å². The first kappa shape index (κ1) is 8.11. The number of hydrogen-bond donors (Lipinski definition) is 0. The quantitative estimate of drug-likeness (QED) is 0.654. The molecule has 0 N–H and O–H groups in total. The molecule has 1 heterocycles. The second-order valence-electron chi connectivity index (χ2n) is 3.22. The average Bonchev–Trinajstić information content (AvgIpc) is 2.71. The van der Waals surface area contributed by atoms with E-state index in [0.717, 1.165) is 0 Å². The molecule has 1 heteroatoms. The van der Waals surface area contributed by atoms with E-state index in [1.54, 1.807) is 0 Å². The summed E-state index contributed by atoms with van der Waals surface area (Å²) in [6.45, 7) is 2.20. The van der Waals surface area contributed by atoms with Gasteiger partial charge in [0.2, 0.25) is 0 Å². The van der Waals surface area contributed by atoms with Gasteiger partial charge >= 0.3 is 0 Å². The van der Waals surface area contributed by atoms with E-state index in [4.69, 9.17) is 0 Å². The molecule has 0 bridgehead atoms. The Morgan fingerprint density at radius 1 is 0.923 bits per heavy atom. The molecular formula is C12H13N. The van der Waals surface area contributed by atoms with Crippen molar-refractivity contribution in [2.24, 2.45) is 0 Å². The Labute approximate surface area is 78.6 Å². The van der Waals surface area contributed by atoms with Crippen molar-refractivity contribution in [3.8, 4) is 0 Å². The molecule has 2 rings (SSSR count). The van der Waals surface area contributed by atoms with Crippen molar-refractivity contribution in [3.63, 3.8) is 0 Å². The summed E-state index contributed by atoms with van der Waals surface area (Å²) in [4.78, 5) is 0. The molecule has 1 aromatic heterocycles. The summed E-state index contributed by atoms with van der Waals surface area (Å²) in [6.07, 6.45) is 4.19. The van der Waals surface area contributed by atoms with Crippen LogP contribution in [0.4, 0.5) is 0 Å². The van der Waals surface area contributed by atoms with Crippen LogP contribution in [0, 0.1) is 0 Å². The SMILES string of the molecule is C[C@H](c1ccccc1)n1cccc1. The smallest absolute Gasteiger partial charge is 0.0551 e. The molecule has 1 aromatic carbocycles. The molecule has 0 aliphatic rings. The van der Waals surface area contributed by atoms with Crippen molar-refractivity contribution in [3.05, 3.63) is 60.4 Å². The van der Waals surface area contributed by atoms with Gasteiger partial charge < -0.3 is 4.57 Å². The fourth-order valence-electron chi connectivity index (χ4n) is 1.51. The molecule has 0 aliphatic heterocycles. The van der Waals surface area contributed by atoms with Gasteiger partial charge in [0.15, 0.2) is 0 Å². The zero-order chi connectivity index (χ0) is 9.10. The fourth-order valence-corrected chi connectivity index (χ4v) is 1.51. The van der Waals surface area contributed by atoms with Gasteiger partial charge in [-0.2, -0.15) is 0 Å². The molecule has 0 saturated carbocycles. The maximum atomic E-state index is 2.20. The van der Waals surface area contributed by atoms with Gasteiger partial charge in [0, 0.05) is 12.4 Å². The van der Waals surface area contributed by atoms with Crippen LogP contribution in [0.2, 0.25) is 0 Å². The Morgan fingerprint density at radius 2 is 1.54 bits per heavy atom. The number of nitrogens with zero attached hydrogens (tertiary/aromatic N) is 1. The molecule has 1 nitrogen and oxygen atoms in total. The molecular weight excluding hydrogens is 158 g/mol. The molecule has 0 amide bonds. The fraction of sp³-hybridized carbons (Fsp3) is 0.167. The highest BCUT2D eigenvalue weighted by Crippen LogP contribution is 2.16. The lowest BCUT2D eigenvalue weighted by molar-refractivity contribution is 0.643. The molecule has 0 spiro atoms. The van der Waals surface area contributed by atoms with E-state index >= 15 is 0 Å². The van der Waals surface area contributed by atoms with E-state index in [0.29, 0.717) is 6.04 Å². The second kappa shape index (κ2) is 3.48. The van der Waals surface area contributed by atoms with Crippen LogP contribution in [-0.4, -0.2) is 4.57 Å². The lowest BCUT2D eigenvalue weighted by Crippen LogP contribution is -2.03. The van der Waals surface area contributed by atoms with Gasteiger partial charge in [-0.1, -0.05) is 30.3 Å². The van der Waals surface area contributed by atoms with Gasteiger partial charge in [-0.25, -0.2) is 0 Å². The number of aromatic nitrogens is 1. The lowest BCUT2D eigenvalue weighted by Gasteiger charge is -2.13. The minimum atomic E-state index is 0.427. The minimum Gasteiger partial charge on any atom is -0.347 e. The topological polar surface area (TPSA) is 4.93 Å². The number of rotatable bonds is 2. The van der Waals surface area contributed by atoms with Crippen LogP contribution in [0.5, 0.6) is 0 Å². The van der Waals surface area contributed by atoms with Crippen LogP contribution in [0.25, 0.3) is 0 Å². The molecule has 13 heavy (non-hydrogen) atoms. The summed E-state index contributed by atoms with van der Waals surface area (Å²) in [5, 5.41) is 0. The van der Waals surface area contributed by atoms with Crippen molar-refractivity contribution in [1.82, 2.24) is 4.57 Å². The van der Waals surface area contributed by atoms with Gasteiger partial charge in [0.05, 0.1) is 6.04 Å². The van der Waals surface area contributed by atoms with E-state index < -0.39 is 0 Å². The van der Waals surface area contributed by atoms with Crippen molar-refractivity contribution >= 4 is 0 Å². The summed E-state index contributed by atoms with van der Waals surface area (Å²) in [7, 11) is 0. The average molecular weight is 171 g/mol. The van der Waals surface area contributed by atoms with Crippen LogP contribution < -0.4 is 0 Å². The van der Waals surface area contributed by atoms with Crippen molar-refractivity contribution in [2.75, 3.05) is 0 Å².